The third kappa shape index (κ3) is 2.13. The lowest BCUT2D eigenvalue weighted by Gasteiger charge is -2.42. The van der Waals surface area contributed by atoms with Crippen molar-refractivity contribution in [3.63, 3.8) is 0 Å². The van der Waals surface area contributed by atoms with E-state index in [0.717, 1.165) is 26.1 Å². The molecule has 3 atom stereocenters. The van der Waals surface area contributed by atoms with Crippen molar-refractivity contribution in [2.45, 2.75) is 45.3 Å². The van der Waals surface area contributed by atoms with Crippen molar-refractivity contribution in [1.29, 1.82) is 0 Å². The minimum atomic E-state index is -0.273. The van der Waals surface area contributed by atoms with E-state index in [0.29, 0.717) is 24.4 Å². The van der Waals surface area contributed by atoms with E-state index in [1.807, 2.05) is 0 Å². The van der Waals surface area contributed by atoms with Crippen LogP contribution in [0.4, 0.5) is 0 Å². The molecule has 17 heavy (non-hydrogen) atoms. The molecular weight excluding hydrogens is 216 g/mol. The molecule has 0 aromatic carbocycles. The van der Waals surface area contributed by atoms with Crippen LogP contribution < -0.4 is 0 Å². The highest BCUT2D eigenvalue weighted by Crippen LogP contribution is 2.54. The van der Waals surface area contributed by atoms with Gasteiger partial charge in [-0.1, -0.05) is 13.8 Å². The Bertz CT molecular complexity index is 274. The van der Waals surface area contributed by atoms with Crippen LogP contribution in [0.25, 0.3) is 0 Å². The van der Waals surface area contributed by atoms with Crippen LogP contribution >= 0.6 is 0 Å². The number of fused-ring (bicyclic) bond motifs is 1. The van der Waals surface area contributed by atoms with Crippen LogP contribution in [-0.4, -0.2) is 30.7 Å². The average molecular weight is 240 g/mol. The highest BCUT2D eigenvalue weighted by molar-refractivity contribution is 4.97. The molecule has 3 fully saturated rings. The van der Waals surface area contributed by atoms with E-state index in [4.69, 9.17) is 9.47 Å². The van der Waals surface area contributed by atoms with Crippen molar-refractivity contribution >= 4 is 0 Å². The highest BCUT2D eigenvalue weighted by atomic mass is 16.7. The molecule has 2 aliphatic carbocycles. The Morgan fingerprint density at radius 2 is 1.59 bits per heavy atom. The molecule has 1 aliphatic heterocycles. The Kier molecular flexibility index (Phi) is 2.77. The topological polar surface area (TPSA) is 38.7 Å². The SMILES string of the molecule is CC1(C)COC2(C[C@H]3CC(CO)C[C@H]3C2)OC1. The van der Waals surface area contributed by atoms with Crippen LogP contribution in [0.1, 0.15) is 39.5 Å². The molecule has 2 saturated carbocycles. The second-order valence-corrected chi connectivity index (χ2v) is 7.10. The predicted molar refractivity (Wildman–Crippen MR) is 64.4 cm³/mol. The molecule has 3 heteroatoms. The number of aliphatic hydroxyl groups excluding tert-OH is 1. The Morgan fingerprint density at radius 3 is 2.06 bits per heavy atom. The Balaban J connectivity index is 1.63. The average Bonchev–Trinajstić information content (AvgIpc) is 2.78. The van der Waals surface area contributed by atoms with E-state index >= 15 is 0 Å². The van der Waals surface area contributed by atoms with Gasteiger partial charge in [0.15, 0.2) is 5.79 Å². The van der Waals surface area contributed by atoms with Crippen LogP contribution in [-0.2, 0) is 9.47 Å². The van der Waals surface area contributed by atoms with Gasteiger partial charge in [0.05, 0.1) is 13.2 Å². The van der Waals surface area contributed by atoms with E-state index in [1.165, 1.54) is 12.8 Å². The molecule has 3 aliphatic rings. The van der Waals surface area contributed by atoms with Crippen LogP contribution in [0.5, 0.6) is 0 Å². The summed E-state index contributed by atoms with van der Waals surface area (Å²) in [6.07, 6.45) is 4.42. The number of ether oxygens (including phenoxy) is 2. The first-order valence-corrected chi connectivity index (χ1v) is 6.91. The van der Waals surface area contributed by atoms with Crippen LogP contribution in [0.15, 0.2) is 0 Å². The minimum absolute atomic E-state index is 0.163. The van der Waals surface area contributed by atoms with Gasteiger partial charge in [-0.2, -0.15) is 0 Å². The summed E-state index contributed by atoms with van der Waals surface area (Å²) in [7, 11) is 0. The van der Waals surface area contributed by atoms with Crippen LogP contribution in [0.2, 0.25) is 0 Å². The predicted octanol–water partition coefficient (Wildman–Crippen LogP) is 2.18. The zero-order valence-corrected chi connectivity index (χ0v) is 10.9. The normalized spacial score (nSPS) is 42.9. The van der Waals surface area contributed by atoms with Gasteiger partial charge >= 0.3 is 0 Å². The Hall–Kier alpha value is -0.120. The standard InChI is InChI=1S/C14H24O3/c1-13(2)8-16-14(17-9-13)5-11-3-10(7-15)4-12(11)6-14/h10-12,15H,3-9H2,1-2H3/t10?,11-,12+. The Labute approximate surface area is 103 Å². The van der Waals surface area contributed by atoms with Gasteiger partial charge in [0, 0.05) is 24.9 Å². The molecule has 0 amide bonds. The molecule has 1 heterocycles. The molecule has 3 nitrogen and oxygen atoms in total. The molecule has 1 unspecified atom stereocenters. The lowest BCUT2D eigenvalue weighted by Crippen LogP contribution is -2.46. The maximum Gasteiger partial charge on any atom is 0.168 e. The number of aliphatic hydroxyl groups is 1. The minimum Gasteiger partial charge on any atom is -0.396 e. The van der Waals surface area contributed by atoms with Crippen LogP contribution in [0.3, 0.4) is 0 Å². The largest absolute Gasteiger partial charge is 0.396 e. The first-order valence-electron chi connectivity index (χ1n) is 6.91. The van der Waals surface area contributed by atoms with Crippen LogP contribution in [0, 0.1) is 23.2 Å². The number of hydrogen-bond donors (Lipinski definition) is 1. The fourth-order valence-electron chi connectivity index (χ4n) is 3.84. The van der Waals surface area contributed by atoms with Crippen molar-refractivity contribution in [3.8, 4) is 0 Å². The summed E-state index contributed by atoms with van der Waals surface area (Å²) in [5.41, 5.74) is 0.163. The maximum atomic E-state index is 9.23. The molecule has 0 aromatic rings. The van der Waals surface area contributed by atoms with E-state index in [2.05, 4.69) is 13.8 Å². The zero-order chi connectivity index (χ0) is 12.1. The molecule has 1 saturated heterocycles. The molecule has 3 rings (SSSR count). The van der Waals surface area contributed by atoms with Gasteiger partial charge in [-0.3, -0.25) is 0 Å². The highest BCUT2D eigenvalue weighted by Gasteiger charge is 2.53. The van der Waals surface area contributed by atoms with E-state index in [-0.39, 0.29) is 11.2 Å². The van der Waals surface area contributed by atoms with Gasteiger partial charge in [0.25, 0.3) is 0 Å². The van der Waals surface area contributed by atoms with Gasteiger partial charge in [0.2, 0.25) is 0 Å². The van der Waals surface area contributed by atoms with Crippen molar-refractivity contribution in [3.05, 3.63) is 0 Å². The summed E-state index contributed by atoms with van der Waals surface area (Å²) in [6, 6.07) is 0. The van der Waals surface area contributed by atoms with Gasteiger partial charge in [-0.05, 0) is 30.6 Å². The molecule has 1 N–H and O–H groups in total. The summed E-state index contributed by atoms with van der Waals surface area (Å²) < 4.78 is 12.1. The summed E-state index contributed by atoms with van der Waals surface area (Å²) >= 11 is 0. The number of hydrogen-bond acceptors (Lipinski definition) is 3. The van der Waals surface area contributed by atoms with Crippen molar-refractivity contribution < 1.29 is 14.6 Å². The molecule has 1 spiro atoms. The van der Waals surface area contributed by atoms with E-state index in [1.54, 1.807) is 0 Å². The summed E-state index contributed by atoms with van der Waals surface area (Å²) in [6.45, 7) is 6.37. The van der Waals surface area contributed by atoms with E-state index < -0.39 is 0 Å². The van der Waals surface area contributed by atoms with Gasteiger partial charge in [0.1, 0.15) is 0 Å². The third-order valence-corrected chi connectivity index (χ3v) is 4.80. The summed E-state index contributed by atoms with van der Waals surface area (Å²) in [4.78, 5) is 0. The first-order chi connectivity index (χ1) is 8.02. The number of rotatable bonds is 1. The van der Waals surface area contributed by atoms with Crippen molar-refractivity contribution in [2.75, 3.05) is 19.8 Å². The van der Waals surface area contributed by atoms with Crippen molar-refractivity contribution in [2.24, 2.45) is 23.2 Å². The fourth-order valence-corrected chi connectivity index (χ4v) is 3.84. The lowest BCUT2D eigenvalue weighted by molar-refractivity contribution is -0.297. The van der Waals surface area contributed by atoms with E-state index in [9.17, 15) is 5.11 Å². The monoisotopic (exact) mass is 240 g/mol. The quantitative estimate of drug-likeness (QED) is 0.763. The zero-order valence-electron chi connectivity index (χ0n) is 10.9. The second kappa shape index (κ2) is 3.94. The Morgan fingerprint density at radius 1 is 1.06 bits per heavy atom. The van der Waals surface area contributed by atoms with Crippen molar-refractivity contribution in [1.82, 2.24) is 0 Å². The molecular formula is C14H24O3. The molecule has 0 aromatic heterocycles. The fraction of sp³-hybridized carbons (Fsp3) is 1.00. The maximum absolute atomic E-state index is 9.23. The van der Waals surface area contributed by atoms with Gasteiger partial charge in [-0.25, -0.2) is 0 Å². The van der Waals surface area contributed by atoms with Gasteiger partial charge < -0.3 is 14.6 Å². The van der Waals surface area contributed by atoms with Gasteiger partial charge in [-0.15, -0.1) is 0 Å². The third-order valence-electron chi connectivity index (χ3n) is 4.80. The summed E-state index contributed by atoms with van der Waals surface area (Å²) in [5.74, 6) is 1.69. The molecule has 98 valence electrons. The summed E-state index contributed by atoms with van der Waals surface area (Å²) in [5, 5.41) is 9.23. The smallest absolute Gasteiger partial charge is 0.168 e. The lowest BCUT2D eigenvalue weighted by atomic mass is 9.93. The molecule has 0 bridgehead atoms. The molecule has 0 radical (unpaired) electrons. The first kappa shape index (κ1) is 11.9. The second-order valence-electron chi connectivity index (χ2n) is 7.10.